The second-order valence-electron chi connectivity index (χ2n) is 8.39. The van der Waals surface area contributed by atoms with Gasteiger partial charge in [0.25, 0.3) is 0 Å². The molecule has 12 heteroatoms. The third-order valence-corrected chi connectivity index (χ3v) is 5.71. The standard InChI is InChI=1S/C24H24F2N4O6/c1-13(31)27-9-16-11-29(23(33)35-16)19-8-18(15-6-4-3-5-7-15)20(25)21(26)22(19)30-12-17(36-24(30)34)10-28-14(2)32/h3-8,16-17H,9-12H2,1-2H3,(H,27,31)(H,28,32). The fourth-order valence-electron chi connectivity index (χ4n) is 4.04. The maximum absolute atomic E-state index is 15.7. The first-order chi connectivity index (χ1) is 17.2. The van der Waals surface area contributed by atoms with Crippen molar-refractivity contribution < 1.29 is 37.4 Å². The van der Waals surface area contributed by atoms with E-state index in [1.165, 1.54) is 19.9 Å². The van der Waals surface area contributed by atoms with E-state index in [0.29, 0.717) is 5.56 Å². The van der Waals surface area contributed by atoms with E-state index in [0.717, 1.165) is 9.80 Å². The lowest BCUT2D eigenvalue weighted by atomic mass is 10.0. The Morgan fingerprint density at radius 3 is 1.97 bits per heavy atom. The molecule has 2 aliphatic rings. The highest BCUT2D eigenvalue weighted by Gasteiger charge is 2.41. The van der Waals surface area contributed by atoms with Crippen LogP contribution in [0.2, 0.25) is 0 Å². The lowest BCUT2D eigenvalue weighted by Gasteiger charge is -2.24. The molecule has 0 saturated carbocycles. The van der Waals surface area contributed by atoms with Crippen LogP contribution in [0.3, 0.4) is 0 Å². The van der Waals surface area contributed by atoms with Crippen LogP contribution in [0.4, 0.5) is 29.7 Å². The van der Waals surface area contributed by atoms with E-state index in [1.807, 2.05) is 0 Å². The van der Waals surface area contributed by atoms with Gasteiger partial charge in [-0.15, -0.1) is 0 Å². The van der Waals surface area contributed by atoms with Crippen LogP contribution < -0.4 is 20.4 Å². The maximum atomic E-state index is 15.7. The topological polar surface area (TPSA) is 117 Å². The second kappa shape index (κ2) is 10.2. The third-order valence-electron chi connectivity index (χ3n) is 5.71. The van der Waals surface area contributed by atoms with Gasteiger partial charge in [-0.05, 0) is 11.6 Å². The molecule has 2 saturated heterocycles. The van der Waals surface area contributed by atoms with Crippen molar-refractivity contribution in [2.75, 3.05) is 36.0 Å². The van der Waals surface area contributed by atoms with Gasteiger partial charge in [-0.1, -0.05) is 30.3 Å². The number of rotatable bonds is 7. The van der Waals surface area contributed by atoms with Gasteiger partial charge in [0.1, 0.15) is 17.9 Å². The molecule has 2 heterocycles. The van der Waals surface area contributed by atoms with Crippen molar-refractivity contribution >= 4 is 35.4 Å². The number of hydrogen-bond donors (Lipinski definition) is 2. The van der Waals surface area contributed by atoms with E-state index in [4.69, 9.17) is 9.47 Å². The smallest absolute Gasteiger partial charge is 0.414 e. The van der Waals surface area contributed by atoms with Gasteiger partial charge in [-0.3, -0.25) is 19.4 Å². The molecule has 0 aromatic heterocycles. The van der Waals surface area contributed by atoms with Crippen molar-refractivity contribution in [3.63, 3.8) is 0 Å². The highest BCUT2D eigenvalue weighted by molar-refractivity contribution is 6.01. The molecule has 4 amide bonds. The highest BCUT2D eigenvalue weighted by Crippen LogP contribution is 2.42. The molecule has 2 fully saturated rings. The molecule has 36 heavy (non-hydrogen) atoms. The molecule has 2 unspecified atom stereocenters. The molecule has 0 radical (unpaired) electrons. The van der Waals surface area contributed by atoms with Crippen molar-refractivity contribution in [3.05, 3.63) is 48.0 Å². The summed E-state index contributed by atoms with van der Waals surface area (Å²) in [5, 5.41) is 5.06. The van der Waals surface area contributed by atoms with E-state index >= 15 is 8.78 Å². The number of ether oxygens (including phenoxy) is 2. The number of nitrogens with zero attached hydrogens (tertiary/aromatic N) is 2. The van der Waals surface area contributed by atoms with Gasteiger partial charge in [0, 0.05) is 19.4 Å². The predicted octanol–water partition coefficient (Wildman–Crippen LogP) is 2.55. The molecule has 2 aliphatic heterocycles. The summed E-state index contributed by atoms with van der Waals surface area (Å²) in [6, 6.07) is 9.45. The molecule has 0 spiro atoms. The summed E-state index contributed by atoms with van der Waals surface area (Å²) < 4.78 is 41.5. The first-order valence-electron chi connectivity index (χ1n) is 11.2. The zero-order valence-corrected chi connectivity index (χ0v) is 19.5. The number of cyclic esters (lactones) is 2. The number of anilines is 2. The van der Waals surface area contributed by atoms with Crippen molar-refractivity contribution in [2.45, 2.75) is 26.1 Å². The minimum Gasteiger partial charge on any atom is -0.442 e. The Morgan fingerprint density at radius 2 is 1.42 bits per heavy atom. The van der Waals surface area contributed by atoms with Crippen LogP contribution >= 0.6 is 0 Å². The monoisotopic (exact) mass is 502 g/mol. The number of halogens is 2. The van der Waals surface area contributed by atoms with Crippen LogP contribution in [0.5, 0.6) is 0 Å². The molecule has 4 rings (SSSR count). The Bertz CT molecular complexity index is 1210. The van der Waals surface area contributed by atoms with Crippen LogP contribution in [-0.2, 0) is 19.1 Å². The minimum atomic E-state index is -1.35. The van der Waals surface area contributed by atoms with Crippen LogP contribution in [0.25, 0.3) is 11.1 Å². The fraction of sp³-hybridized carbons (Fsp3) is 0.333. The summed E-state index contributed by atoms with van der Waals surface area (Å²) in [6.07, 6.45) is -3.37. The van der Waals surface area contributed by atoms with Gasteiger partial charge in [0.05, 0.1) is 31.9 Å². The number of carbonyl (C=O) groups is 4. The zero-order chi connectivity index (χ0) is 26.0. The Kier molecular flexibility index (Phi) is 7.04. The molecule has 190 valence electrons. The van der Waals surface area contributed by atoms with Crippen molar-refractivity contribution in [1.29, 1.82) is 0 Å². The van der Waals surface area contributed by atoms with Gasteiger partial charge in [-0.25, -0.2) is 18.4 Å². The van der Waals surface area contributed by atoms with E-state index in [-0.39, 0.29) is 49.2 Å². The molecule has 2 atom stereocenters. The van der Waals surface area contributed by atoms with E-state index < -0.39 is 41.7 Å². The van der Waals surface area contributed by atoms with E-state index in [9.17, 15) is 19.2 Å². The van der Waals surface area contributed by atoms with Gasteiger partial charge >= 0.3 is 12.2 Å². The lowest BCUT2D eigenvalue weighted by molar-refractivity contribution is -0.120. The summed E-state index contributed by atoms with van der Waals surface area (Å²) in [5.74, 6) is -3.23. The molecular weight excluding hydrogens is 478 g/mol. The molecule has 10 nitrogen and oxygen atoms in total. The van der Waals surface area contributed by atoms with E-state index in [1.54, 1.807) is 30.3 Å². The number of carbonyl (C=O) groups excluding carboxylic acids is 4. The molecular formula is C24H24F2N4O6. The minimum absolute atomic E-state index is 0.0205. The molecule has 0 aliphatic carbocycles. The largest absolute Gasteiger partial charge is 0.442 e. The third kappa shape index (κ3) is 5.07. The first-order valence-corrected chi connectivity index (χ1v) is 11.2. The van der Waals surface area contributed by atoms with Crippen molar-refractivity contribution in [3.8, 4) is 11.1 Å². The average Bonchev–Trinajstić information content (AvgIpc) is 3.40. The average molecular weight is 502 g/mol. The Morgan fingerprint density at radius 1 is 0.889 bits per heavy atom. The Labute approximate surface area is 205 Å². The molecule has 2 N–H and O–H groups in total. The summed E-state index contributed by atoms with van der Waals surface area (Å²) in [6.45, 7) is 2.33. The van der Waals surface area contributed by atoms with Crippen LogP contribution in [0, 0.1) is 11.6 Å². The summed E-state index contributed by atoms with van der Waals surface area (Å²) in [4.78, 5) is 49.9. The van der Waals surface area contributed by atoms with Crippen LogP contribution in [0.1, 0.15) is 13.8 Å². The van der Waals surface area contributed by atoms with Gasteiger partial charge in [-0.2, -0.15) is 0 Å². The van der Waals surface area contributed by atoms with Crippen molar-refractivity contribution in [2.24, 2.45) is 0 Å². The summed E-state index contributed by atoms with van der Waals surface area (Å²) in [7, 11) is 0. The highest BCUT2D eigenvalue weighted by atomic mass is 19.2. The SMILES string of the molecule is CC(=O)NCC1CN(c2cc(-c3ccccc3)c(F)c(F)c2N2CC(CNC(C)=O)OC2=O)C(=O)O1. The second-order valence-corrected chi connectivity index (χ2v) is 8.39. The lowest BCUT2D eigenvalue weighted by Crippen LogP contribution is -2.35. The van der Waals surface area contributed by atoms with E-state index in [2.05, 4.69) is 10.6 Å². The fourth-order valence-corrected chi connectivity index (χ4v) is 4.04. The number of benzene rings is 2. The number of amides is 4. The summed E-state index contributed by atoms with van der Waals surface area (Å²) in [5.41, 5.74) is -0.344. The number of hydrogen-bond acceptors (Lipinski definition) is 6. The van der Waals surface area contributed by atoms with Gasteiger partial charge in [0.15, 0.2) is 11.6 Å². The summed E-state index contributed by atoms with van der Waals surface area (Å²) >= 11 is 0. The molecule has 0 bridgehead atoms. The van der Waals surface area contributed by atoms with Crippen LogP contribution in [-0.4, -0.2) is 62.4 Å². The first kappa shape index (κ1) is 24.9. The molecule has 2 aromatic rings. The Balaban J connectivity index is 1.76. The van der Waals surface area contributed by atoms with Crippen molar-refractivity contribution in [1.82, 2.24) is 10.6 Å². The normalized spacial score (nSPS) is 19.2. The van der Waals surface area contributed by atoms with Gasteiger partial charge < -0.3 is 20.1 Å². The van der Waals surface area contributed by atoms with Gasteiger partial charge in [0.2, 0.25) is 11.8 Å². The predicted molar refractivity (Wildman–Crippen MR) is 124 cm³/mol. The zero-order valence-electron chi connectivity index (χ0n) is 19.5. The quantitative estimate of drug-likeness (QED) is 0.601. The Hall–Kier alpha value is -4.22. The molecule has 2 aromatic carbocycles. The maximum Gasteiger partial charge on any atom is 0.414 e. The van der Waals surface area contributed by atoms with Crippen LogP contribution in [0.15, 0.2) is 36.4 Å². The number of nitrogens with one attached hydrogen (secondary N) is 2.